The minimum absolute atomic E-state index is 0.0192. The summed E-state index contributed by atoms with van der Waals surface area (Å²) in [6, 6.07) is 5.56. The van der Waals surface area contributed by atoms with Crippen LogP contribution in [-0.2, 0) is 14.9 Å². The number of anilines is 1. The Kier molecular flexibility index (Phi) is 9.07. The molecule has 1 fully saturated rings. The predicted molar refractivity (Wildman–Crippen MR) is 138 cm³/mol. The molecule has 0 spiro atoms. The van der Waals surface area contributed by atoms with Crippen LogP contribution in [0.5, 0.6) is 5.75 Å². The van der Waals surface area contributed by atoms with Gasteiger partial charge in [-0.3, -0.25) is 4.79 Å². The Balaban J connectivity index is 2.08. The first-order valence-corrected chi connectivity index (χ1v) is 13.1. The van der Waals surface area contributed by atoms with Crippen molar-refractivity contribution in [2.24, 2.45) is 11.1 Å². The van der Waals surface area contributed by atoms with Gasteiger partial charge in [-0.1, -0.05) is 26.8 Å². The topological polar surface area (TPSA) is 117 Å². The van der Waals surface area contributed by atoms with Crippen LogP contribution in [0.15, 0.2) is 18.2 Å². The molecule has 1 heterocycles. The number of esters is 1. The van der Waals surface area contributed by atoms with Crippen molar-refractivity contribution < 1.29 is 24.5 Å². The fourth-order valence-corrected chi connectivity index (χ4v) is 6.67. The first-order chi connectivity index (χ1) is 16.7. The molecular formula is C27H45N3O5. The third-order valence-corrected chi connectivity index (χ3v) is 8.66. The molecule has 2 aliphatic rings. The molecule has 0 radical (unpaired) electrons. The summed E-state index contributed by atoms with van der Waals surface area (Å²) in [6.07, 6.45) is 2.74. The third-order valence-electron chi connectivity index (χ3n) is 8.66. The summed E-state index contributed by atoms with van der Waals surface area (Å²) in [5.41, 5.74) is 8.32. The Hall–Kier alpha value is -1.87. The van der Waals surface area contributed by atoms with Crippen molar-refractivity contribution >= 4 is 11.7 Å². The number of ether oxygens (including phenoxy) is 2. The number of fused-ring (bicyclic) bond motifs is 3. The second-order valence-electron chi connectivity index (χ2n) is 10.3. The molecule has 0 saturated heterocycles. The maximum Gasteiger partial charge on any atom is 0.302 e. The molecule has 1 aliphatic heterocycles. The number of aliphatic hydroxyl groups excluding tert-OH is 2. The average Bonchev–Trinajstić information content (AvgIpc) is 3.09. The van der Waals surface area contributed by atoms with Gasteiger partial charge in [0, 0.05) is 41.6 Å². The largest absolute Gasteiger partial charge is 0.497 e. The van der Waals surface area contributed by atoms with E-state index in [1.165, 1.54) is 6.92 Å². The van der Waals surface area contributed by atoms with Gasteiger partial charge >= 0.3 is 5.97 Å². The lowest BCUT2D eigenvalue weighted by Crippen LogP contribution is -2.69. The molecule has 0 amide bonds. The minimum Gasteiger partial charge on any atom is -0.497 e. The molecule has 3 rings (SSSR count). The highest BCUT2D eigenvalue weighted by Crippen LogP contribution is 2.59. The summed E-state index contributed by atoms with van der Waals surface area (Å²) in [6.45, 7) is 9.74. The van der Waals surface area contributed by atoms with E-state index in [0.717, 1.165) is 49.4 Å². The molecular weight excluding hydrogens is 446 g/mol. The first kappa shape index (κ1) is 27.7. The fraction of sp³-hybridized carbons (Fsp3) is 0.741. The van der Waals surface area contributed by atoms with E-state index in [0.29, 0.717) is 12.8 Å². The van der Waals surface area contributed by atoms with E-state index < -0.39 is 16.9 Å². The van der Waals surface area contributed by atoms with E-state index in [2.05, 4.69) is 37.1 Å². The van der Waals surface area contributed by atoms with Gasteiger partial charge in [-0.25, -0.2) is 0 Å². The standard InChI is InChI=1S/C27H45N3O5/c1-6-19(17-31)30-22-15-20(34-5)9-10-21(22)26(4)23(30)16-24(33)27(25(26)28,11-8-13-29-7-2)12-14-35-18(3)32/h9-10,15,19,23-25,29,31,33H,6-8,11-14,16-17,28H2,1-5H3. The maximum absolute atomic E-state index is 11.7. The second-order valence-corrected chi connectivity index (χ2v) is 10.3. The van der Waals surface area contributed by atoms with Gasteiger partial charge in [0.2, 0.25) is 0 Å². The number of carbonyl (C=O) groups is 1. The van der Waals surface area contributed by atoms with Crippen molar-refractivity contribution in [1.82, 2.24) is 5.32 Å². The van der Waals surface area contributed by atoms with Crippen LogP contribution in [0.1, 0.15) is 65.4 Å². The van der Waals surface area contributed by atoms with Gasteiger partial charge in [0.05, 0.1) is 32.5 Å². The Bertz CT molecular complexity index is 863. The molecule has 1 aliphatic carbocycles. The predicted octanol–water partition coefficient (Wildman–Crippen LogP) is 2.33. The molecule has 35 heavy (non-hydrogen) atoms. The second kappa shape index (κ2) is 11.5. The van der Waals surface area contributed by atoms with Gasteiger partial charge in [0.15, 0.2) is 0 Å². The number of hydrogen-bond acceptors (Lipinski definition) is 8. The monoisotopic (exact) mass is 491 g/mol. The van der Waals surface area contributed by atoms with Crippen LogP contribution in [0.25, 0.3) is 0 Å². The number of aliphatic hydroxyl groups is 2. The summed E-state index contributed by atoms with van der Waals surface area (Å²) in [5.74, 6) is 0.429. The number of benzene rings is 1. The van der Waals surface area contributed by atoms with Gasteiger partial charge in [-0.2, -0.15) is 0 Å². The van der Waals surface area contributed by atoms with Crippen molar-refractivity contribution in [3.63, 3.8) is 0 Å². The number of nitrogens with zero attached hydrogens (tertiary/aromatic N) is 1. The van der Waals surface area contributed by atoms with Crippen molar-refractivity contribution in [2.45, 2.75) is 89.4 Å². The molecule has 1 saturated carbocycles. The summed E-state index contributed by atoms with van der Waals surface area (Å²) >= 11 is 0. The zero-order valence-corrected chi connectivity index (χ0v) is 22.0. The third kappa shape index (κ3) is 4.90. The molecule has 8 heteroatoms. The van der Waals surface area contributed by atoms with Crippen LogP contribution in [0.2, 0.25) is 0 Å². The summed E-state index contributed by atoms with van der Waals surface area (Å²) in [7, 11) is 1.65. The molecule has 8 nitrogen and oxygen atoms in total. The lowest BCUT2D eigenvalue weighted by molar-refractivity contribution is -0.144. The Morgan fingerprint density at radius 2 is 2.09 bits per heavy atom. The highest BCUT2D eigenvalue weighted by atomic mass is 16.5. The van der Waals surface area contributed by atoms with Crippen molar-refractivity contribution in [2.75, 3.05) is 38.3 Å². The summed E-state index contributed by atoms with van der Waals surface area (Å²) in [4.78, 5) is 13.8. The smallest absolute Gasteiger partial charge is 0.302 e. The van der Waals surface area contributed by atoms with Crippen molar-refractivity contribution in [1.29, 1.82) is 0 Å². The lowest BCUT2D eigenvalue weighted by atomic mass is 9.52. The Labute approximate surface area is 210 Å². The molecule has 6 unspecified atom stereocenters. The number of carbonyl (C=O) groups excluding carboxylic acids is 1. The van der Waals surface area contributed by atoms with Gasteiger partial charge in [-0.15, -0.1) is 0 Å². The normalized spacial score (nSPS) is 30.5. The number of rotatable bonds is 12. The lowest BCUT2D eigenvalue weighted by Gasteiger charge is -2.58. The summed E-state index contributed by atoms with van der Waals surface area (Å²) in [5, 5.41) is 25.4. The number of hydrogen-bond donors (Lipinski definition) is 4. The van der Waals surface area contributed by atoms with Crippen LogP contribution in [0.3, 0.4) is 0 Å². The molecule has 198 valence electrons. The van der Waals surface area contributed by atoms with Crippen LogP contribution in [0, 0.1) is 5.41 Å². The van der Waals surface area contributed by atoms with Crippen LogP contribution < -0.4 is 20.7 Å². The van der Waals surface area contributed by atoms with Crippen LogP contribution in [0.4, 0.5) is 5.69 Å². The van der Waals surface area contributed by atoms with E-state index in [4.69, 9.17) is 15.2 Å². The number of methoxy groups -OCH3 is 1. The zero-order chi connectivity index (χ0) is 25.8. The quantitative estimate of drug-likeness (QED) is 0.260. The molecule has 0 bridgehead atoms. The molecule has 6 atom stereocenters. The highest BCUT2D eigenvalue weighted by Gasteiger charge is 2.63. The van der Waals surface area contributed by atoms with Crippen LogP contribution >= 0.6 is 0 Å². The van der Waals surface area contributed by atoms with E-state index in [1.54, 1.807) is 7.11 Å². The van der Waals surface area contributed by atoms with E-state index in [-0.39, 0.29) is 37.3 Å². The Morgan fingerprint density at radius 1 is 1.34 bits per heavy atom. The highest BCUT2D eigenvalue weighted by molar-refractivity contribution is 5.69. The van der Waals surface area contributed by atoms with Crippen molar-refractivity contribution in [3.8, 4) is 5.75 Å². The number of nitrogens with two attached hydrogens (primary N) is 1. The zero-order valence-electron chi connectivity index (χ0n) is 22.0. The van der Waals surface area contributed by atoms with E-state index in [1.807, 2.05) is 12.1 Å². The van der Waals surface area contributed by atoms with E-state index in [9.17, 15) is 15.0 Å². The van der Waals surface area contributed by atoms with Gasteiger partial charge in [-0.05, 0) is 56.8 Å². The van der Waals surface area contributed by atoms with Gasteiger partial charge in [0.25, 0.3) is 0 Å². The van der Waals surface area contributed by atoms with E-state index >= 15 is 0 Å². The minimum atomic E-state index is -0.664. The van der Waals surface area contributed by atoms with Gasteiger partial charge in [0.1, 0.15) is 5.75 Å². The first-order valence-electron chi connectivity index (χ1n) is 13.1. The van der Waals surface area contributed by atoms with Crippen molar-refractivity contribution in [3.05, 3.63) is 23.8 Å². The molecule has 1 aromatic carbocycles. The number of nitrogens with one attached hydrogen (secondary N) is 1. The average molecular weight is 492 g/mol. The van der Waals surface area contributed by atoms with Crippen LogP contribution in [-0.4, -0.2) is 73.8 Å². The maximum atomic E-state index is 11.7. The summed E-state index contributed by atoms with van der Waals surface area (Å²) < 4.78 is 10.9. The Morgan fingerprint density at radius 3 is 2.69 bits per heavy atom. The molecule has 0 aromatic heterocycles. The molecule has 5 N–H and O–H groups in total. The molecule has 1 aromatic rings. The fourth-order valence-electron chi connectivity index (χ4n) is 6.67. The van der Waals surface area contributed by atoms with Gasteiger partial charge < -0.3 is 35.6 Å². The SMILES string of the molecule is CCNCCCC1(CCOC(C)=O)C(O)CC2N(C(CC)CO)c3cc(OC)ccc3C2(C)C1N.